The highest BCUT2D eigenvalue weighted by atomic mass is 16.5. The largest absolute Gasteiger partial charge is 0.493 e. The van der Waals surface area contributed by atoms with Crippen LogP contribution in [-0.2, 0) is 11.3 Å². The molecule has 1 heterocycles. The smallest absolute Gasteiger partial charge is 0.161 e. The summed E-state index contributed by atoms with van der Waals surface area (Å²) in [7, 11) is 3.60. The van der Waals surface area contributed by atoms with E-state index in [1.54, 1.807) is 7.11 Å². The lowest BCUT2D eigenvalue weighted by atomic mass is 10.1. The summed E-state index contributed by atoms with van der Waals surface area (Å²) >= 11 is 0. The van der Waals surface area contributed by atoms with E-state index in [0.29, 0.717) is 6.61 Å². The van der Waals surface area contributed by atoms with Gasteiger partial charge in [-0.3, -0.25) is 0 Å². The zero-order valence-corrected chi connectivity index (χ0v) is 11.1. The zero-order valence-electron chi connectivity index (χ0n) is 11.1. The van der Waals surface area contributed by atoms with Gasteiger partial charge in [0.1, 0.15) is 6.10 Å². The van der Waals surface area contributed by atoms with E-state index in [1.807, 2.05) is 19.2 Å². The second-order valence-corrected chi connectivity index (χ2v) is 4.47. The average molecular weight is 251 g/mol. The van der Waals surface area contributed by atoms with Gasteiger partial charge in [0, 0.05) is 13.2 Å². The molecule has 4 heteroatoms. The van der Waals surface area contributed by atoms with Crippen LogP contribution in [0.15, 0.2) is 18.2 Å². The number of methoxy groups -OCH3 is 1. The first-order valence-electron chi connectivity index (χ1n) is 6.39. The zero-order chi connectivity index (χ0) is 12.8. The topological polar surface area (TPSA) is 39.7 Å². The van der Waals surface area contributed by atoms with Gasteiger partial charge >= 0.3 is 0 Å². The lowest BCUT2D eigenvalue weighted by molar-refractivity contribution is 0.00643. The first-order valence-corrected chi connectivity index (χ1v) is 6.39. The quantitative estimate of drug-likeness (QED) is 0.868. The van der Waals surface area contributed by atoms with Gasteiger partial charge in [-0.15, -0.1) is 0 Å². The molecule has 1 aromatic carbocycles. The fourth-order valence-corrected chi connectivity index (χ4v) is 2.11. The van der Waals surface area contributed by atoms with E-state index in [2.05, 4.69) is 11.4 Å². The first-order chi connectivity index (χ1) is 8.83. The minimum Gasteiger partial charge on any atom is -0.493 e. The molecule has 0 saturated carbocycles. The maximum absolute atomic E-state index is 5.94. The molecule has 0 aliphatic carbocycles. The third-order valence-corrected chi connectivity index (χ3v) is 3.02. The van der Waals surface area contributed by atoms with Gasteiger partial charge < -0.3 is 19.5 Å². The molecule has 1 N–H and O–H groups in total. The van der Waals surface area contributed by atoms with E-state index in [9.17, 15) is 0 Å². The molecule has 0 bridgehead atoms. The van der Waals surface area contributed by atoms with Gasteiger partial charge in [0.2, 0.25) is 0 Å². The molecule has 0 radical (unpaired) electrons. The summed E-state index contributed by atoms with van der Waals surface area (Å²) in [5.74, 6) is 1.58. The van der Waals surface area contributed by atoms with Crippen molar-refractivity contribution in [3.8, 4) is 11.5 Å². The van der Waals surface area contributed by atoms with Gasteiger partial charge in [-0.05, 0) is 37.6 Å². The van der Waals surface area contributed by atoms with Crippen LogP contribution in [0.4, 0.5) is 0 Å². The Morgan fingerprint density at radius 3 is 2.94 bits per heavy atom. The van der Waals surface area contributed by atoms with Crippen LogP contribution in [0.1, 0.15) is 18.4 Å². The van der Waals surface area contributed by atoms with Gasteiger partial charge in [0.15, 0.2) is 11.5 Å². The fraction of sp³-hybridized carbons (Fsp3) is 0.571. The van der Waals surface area contributed by atoms with Crippen molar-refractivity contribution in [1.29, 1.82) is 0 Å². The van der Waals surface area contributed by atoms with Crippen molar-refractivity contribution in [1.82, 2.24) is 5.32 Å². The molecule has 0 amide bonds. The Morgan fingerprint density at radius 2 is 2.28 bits per heavy atom. The Labute approximate surface area is 108 Å². The summed E-state index contributed by atoms with van der Waals surface area (Å²) in [6, 6.07) is 6.04. The maximum atomic E-state index is 5.94. The molecule has 0 aromatic heterocycles. The third-order valence-electron chi connectivity index (χ3n) is 3.02. The van der Waals surface area contributed by atoms with Crippen LogP contribution in [0.2, 0.25) is 0 Å². The molecule has 100 valence electrons. The second kappa shape index (κ2) is 6.61. The molecule has 1 aromatic rings. The lowest BCUT2D eigenvalue weighted by Crippen LogP contribution is -2.28. The lowest BCUT2D eigenvalue weighted by Gasteiger charge is -2.24. The molecule has 4 nitrogen and oxygen atoms in total. The molecule has 2 rings (SSSR count). The van der Waals surface area contributed by atoms with E-state index >= 15 is 0 Å². The van der Waals surface area contributed by atoms with Crippen molar-refractivity contribution in [2.75, 3.05) is 27.4 Å². The summed E-state index contributed by atoms with van der Waals surface area (Å²) in [6.45, 7) is 2.34. The Morgan fingerprint density at radius 1 is 1.39 bits per heavy atom. The molecule has 1 aliphatic rings. The summed E-state index contributed by atoms with van der Waals surface area (Å²) < 4.78 is 16.7. The van der Waals surface area contributed by atoms with Gasteiger partial charge in [-0.1, -0.05) is 6.07 Å². The molecule has 1 unspecified atom stereocenters. The standard InChI is InChI=1S/C14H21NO3/c1-15-9-11-5-6-13(14(8-11)16-2)18-12-4-3-7-17-10-12/h5-6,8,12,15H,3-4,7,9-10H2,1-2H3. The van der Waals surface area contributed by atoms with E-state index in [4.69, 9.17) is 14.2 Å². The van der Waals surface area contributed by atoms with Crippen LogP contribution < -0.4 is 14.8 Å². The van der Waals surface area contributed by atoms with Crippen molar-refractivity contribution >= 4 is 0 Å². The second-order valence-electron chi connectivity index (χ2n) is 4.47. The Balaban J connectivity index is 2.06. The van der Waals surface area contributed by atoms with E-state index < -0.39 is 0 Å². The predicted molar refractivity (Wildman–Crippen MR) is 70.2 cm³/mol. The normalized spacial score (nSPS) is 19.6. The van der Waals surface area contributed by atoms with Crippen LogP contribution in [0.3, 0.4) is 0 Å². The number of nitrogens with one attached hydrogen (secondary N) is 1. The Hall–Kier alpha value is -1.26. The van der Waals surface area contributed by atoms with Crippen LogP contribution in [0, 0.1) is 0 Å². The van der Waals surface area contributed by atoms with Crippen molar-refractivity contribution in [2.24, 2.45) is 0 Å². The molecule has 1 atom stereocenters. The molecule has 0 spiro atoms. The van der Waals surface area contributed by atoms with E-state index in [0.717, 1.165) is 37.5 Å². The first kappa shape index (κ1) is 13.2. The van der Waals surface area contributed by atoms with Crippen LogP contribution >= 0.6 is 0 Å². The number of hydrogen-bond donors (Lipinski definition) is 1. The third kappa shape index (κ3) is 3.37. The Bertz CT molecular complexity index is 375. The van der Waals surface area contributed by atoms with Crippen molar-refractivity contribution in [2.45, 2.75) is 25.5 Å². The highest BCUT2D eigenvalue weighted by Gasteiger charge is 2.17. The molecular weight excluding hydrogens is 230 g/mol. The molecule has 1 fully saturated rings. The highest BCUT2D eigenvalue weighted by molar-refractivity contribution is 5.43. The molecule has 18 heavy (non-hydrogen) atoms. The number of ether oxygens (including phenoxy) is 3. The van der Waals surface area contributed by atoms with Gasteiger partial charge in [0.05, 0.1) is 13.7 Å². The van der Waals surface area contributed by atoms with Crippen LogP contribution in [-0.4, -0.2) is 33.5 Å². The summed E-state index contributed by atoms with van der Waals surface area (Å²) in [5, 5.41) is 3.12. The van der Waals surface area contributed by atoms with E-state index in [1.165, 1.54) is 5.56 Å². The highest BCUT2D eigenvalue weighted by Crippen LogP contribution is 2.30. The van der Waals surface area contributed by atoms with Gasteiger partial charge in [0.25, 0.3) is 0 Å². The minimum absolute atomic E-state index is 0.141. The van der Waals surface area contributed by atoms with Crippen molar-refractivity contribution in [3.05, 3.63) is 23.8 Å². The van der Waals surface area contributed by atoms with Crippen molar-refractivity contribution in [3.63, 3.8) is 0 Å². The molecule has 1 aliphatic heterocycles. The Kier molecular flexibility index (Phi) is 4.84. The molecule has 1 saturated heterocycles. The fourth-order valence-electron chi connectivity index (χ4n) is 2.11. The predicted octanol–water partition coefficient (Wildman–Crippen LogP) is 1.97. The summed E-state index contributed by atoms with van der Waals surface area (Å²) in [4.78, 5) is 0. The van der Waals surface area contributed by atoms with Gasteiger partial charge in [-0.2, -0.15) is 0 Å². The van der Waals surface area contributed by atoms with Crippen LogP contribution in [0.5, 0.6) is 11.5 Å². The SMILES string of the molecule is CNCc1ccc(OC2CCCOC2)c(OC)c1. The summed E-state index contributed by atoms with van der Waals surface area (Å²) in [6.07, 6.45) is 2.24. The van der Waals surface area contributed by atoms with Crippen LogP contribution in [0.25, 0.3) is 0 Å². The van der Waals surface area contributed by atoms with Gasteiger partial charge in [-0.25, -0.2) is 0 Å². The minimum atomic E-state index is 0.141. The average Bonchev–Trinajstić information content (AvgIpc) is 2.42. The maximum Gasteiger partial charge on any atom is 0.161 e. The number of hydrogen-bond acceptors (Lipinski definition) is 4. The summed E-state index contributed by atoms with van der Waals surface area (Å²) in [5.41, 5.74) is 1.18. The molecular formula is C14H21NO3. The van der Waals surface area contributed by atoms with Crippen molar-refractivity contribution < 1.29 is 14.2 Å². The van der Waals surface area contributed by atoms with E-state index in [-0.39, 0.29) is 6.10 Å². The monoisotopic (exact) mass is 251 g/mol. The number of rotatable bonds is 5. The number of benzene rings is 1.